The highest BCUT2D eigenvalue weighted by Crippen LogP contribution is 2.32. The van der Waals surface area contributed by atoms with Crippen LogP contribution in [0.15, 0.2) is 40.0 Å². The summed E-state index contributed by atoms with van der Waals surface area (Å²) in [5.41, 5.74) is 6.89. The molecule has 0 spiro atoms. The summed E-state index contributed by atoms with van der Waals surface area (Å²) >= 11 is 8.46. The fraction of sp³-hybridized carbons (Fsp3) is 0.300. The minimum absolute atomic E-state index is 0.0288. The van der Waals surface area contributed by atoms with E-state index in [2.05, 4.69) is 28.0 Å². The molecule has 0 fully saturated rings. The number of nitrogens with one attached hydrogen (secondary N) is 2. The number of halogens is 1. The van der Waals surface area contributed by atoms with E-state index in [4.69, 9.17) is 16.0 Å². The van der Waals surface area contributed by atoms with Gasteiger partial charge in [0, 0.05) is 15.5 Å². The standard InChI is InChI=1S/C20H19ClN4O3S2/c1-11-2-7-15-13(8-11)9-16(30-15)18(27)23-22-17(26)10-29-20-25-24-19(28-20)12-3-5-14(21)6-4-12/h3-6,9,11H,2,7-8,10H2,1H3,(H,22,26)(H,23,27). The Morgan fingerprint density at radius 1 is 1.27 bits per heavy atom. The Morgan fingerprint density at radius 2 is 2.07 bits per heavy atom. The monoisotopic (exact) mass is 462 g/mol. The van der Waals surface area contributed by atoms with Crippen molar-refractivity contribution >= 4 is 46.5 Å². The summed E-state index contributed by atoms with van der Waals surface area (Å²) in [4.78, 5) is 26.3. The Bertz CT molecular complexity index is 1060. The molecule has 10 heteroatoms. The van der Waals surface area contributed by atoms with Crippen LogP contribution in [0.4, 0.5) is 0 Å². The Hall–Kier alpha value is -2.36. The Balaban J connectivity index is 1.25. The molecule has 7 nitrogen and oxygen atoms in total. The lowest BCUT2D eigenvalue weighted by molar-refractivity contribution is -0.119. The second-order valence-corrected chi connectivity index (χ2v) is 9.58. The number of carbonyl (C=O) groups excluding carboxylic acids is 2. The number of amides is 2. The van der Waals surface area contributed by atoms with Crippen LogP contribution in [-0.4, -0.2) is 27.8 Å². The molecule has 156 valence electrons. The van der Waals surface area contributed by atoms with E-state index >= 15 is 0 Å². The highest BCUT2D eigenvalue weighted by Gasteiger charge is 2.21. The van der Waals surface area contributed by atoms with Gasteiger partial charge in [0.15, 0.2) is 0 Å². The Kier molecular flexibility index (Phi) is 6.40. The van der Waals surface area contributed by atoms with Gasteiger partial charge < -0.3 is 4.42 Å². The van der Waals surface area contributed by atoms with Gasteiger partial charge in [0.2, 0.25) is 11.8 Å². The molecule has 1 unspecified atom stereocenters. The maximum Gasteiger partial charge on any atom is 0.279 e. The minimum Gasteiger partial charge on any atom is -0.411 e. The van der Waals surface area contributed by atoms with Crippen LogP contribution in [0.1, 0.15) is 33.5 Å². The lowest BCUT2D eigenvalue weighted by Crippen LogP contribution is -2.42. The molecule has 2 heterocycles. The number of thioether (sulfide) groups is 1. The van der Waals surface area contributed by atoms with Gasteiger partial charge in [-0.05, 0) is 61.1 Å². The van der Waals surface area contributed by atoms with Gasteiger partial charge in [0.25, 0.3) is 11.1 Å². The number of carbonyl (C=O) groups is 2. The number of hydrogen-bond acceptors (Lipinski definition) is 7. The third-order valence-corrected chi connectivity index (χ3v) is 7.00. The average molecular weight is 463 g/mol. The number of nitrogens with zero attached hydrogens (tertiary/aromatic N) is 2. The molecule has 1 aromatic carbocycles. The number of thiophene rings is 1. The SMILES string of the molecule is CC1CCc2sc(C(=O)NNC(=O)CSc3nnc(-c4ccc(Cl)cc4)o3)cc2C1. The van der Waals surface area contributed by atoms with Crippen LogP contribution < -0.4 is 10.9 Å². The van der Waals surface area contributed by atoms with Crippen LogP contribution in [0, 0.1) is 5.92 Å². The quantitative estimate of drug-likeness (QED) is 0.437. The molecular weight excluding hydrogens is 444 g/mol. The van der Waals surface area contributed by atoms with Crippen LogP contribution in [0.3, 0.4) is 0 Å². The third-order valence-electron chi connectivity index (χ3n) is 4.69. The number of fused-ring (bicyclic) bond motifs is 1. The van der Waals surface area contributed by atoms with Crippen LogP contribution in [-0.2, 0) is 17.6 Å². The summed E-state index contributed by atoms with van der Waals surface area (Å²) in [5.74, 6) is 0.349. The molecule has 0 aliphatic heterocycles. The summed E-state index contributed by atoms with van der Waals surface area (Å²) < 4.78 is 5.54. The molecule has 2 aromatic heterocycles. The van der Waals surface area contributed by atoms with Gasteiger partial charge >= 0.3 is 0 Å². The Morgan fingerprint density at radius 3 is 2.87 bits per heavy atom. The van der Waals surface area contributed by atoms with Crippen molar-refractivity contribution in [2.45, 2.75) is 31.4 Å². The zero-order chi connectivity index (χ0) is 21.1. The van der Waals surface area contributed by atoms with E-state index in [0.29, 0.717) is 21.7 Å². The fourth-order valence-corrected chi connectivity index (χ4v) is 4.94. The van der Waals surface area contributed by atoms with Gasteiger partial charge in [0.05, 0.1) is 10.6 Å². The van der Waals surface area contributed by atoms with Crippen molar-refractivity contribution in [2.24, 2.45) is 5.92 Å². The van der Waals surface area contributed by atoms with E-state index in [1.807, 2.05) is 6.07 Å². The lowest BCUT2D eigenvalue weighted by Gasteiger charge is -2.16. The van der Waals surface area contributed by atoms with Crippen molar-refractivity contribution in [3.63, 3.8) is 0 Å². The smallest absolute Gasteiger partial charge is 0.279 e. The molecule has 3 aromatic rings. The molecule has 0 bridgehead atoms. The van der Waals surface area contributed by atoms with Crippen molar-refractivity contribution in [1.29, 1.82) is 0 Å². The maximum absolute atomic E-state index is 12.3. The molecule has 2 amide bonds. The predicted octanol–water partition coefficient (Wildman–Crippen LogP) is 4.13. The first kappa shape index (κ1) is 20.9. The molecule has 2 N–H and O–H groups in total. The summed E-state index contributed by atoms with van der Waals surface area (Å²) in [6.07, 6.45) is 3.17. The van der Waals surface area contributed by atoms with Gasteiger partial charge in [-0.1, -0.05) is 30.3 Å². The summed E-state index contributed by atoms with van der Waals surface area (Å²) in [7, 11) is 0. The second-order valence-electron chi connectivity index (χ2n) is 7.08. The van der Waals surface area contributed by atoms with Crippen molar-refractivity contribution in [2.75, 3.05) is 5.75 Å². The van der Waals surface area contributed by atoms with Crippen molar-refractivity contribution in [3.8, 4) is 11.5 Å². The first-order valence-corrected chi connectivity index (χ1v) is 11.6. The molecule has 4 rings (SSSR count). The number of rotatable bonds is 5. The number of hydrazine groups is 1. The number of aromatic nitrogens is 2. The van der Waals surface area contributed by atoms with E-state index in [1.54, 1.807) is 24.3 Å². The van der Waals surface area contributed by atoms with Gasteiger partial charge in [-0.25, -0.2) is 0 Å². The number of aryl methyl sites for hydroxylation is 1. The van der Waals surface area contributed by atoms with Crippen LogP contribution >= 0.6 is 34.7 Å². The van der Waals surface area contributed by atoms with Gasteiger partial charge in [-0.3, -0.25) is 20.4 Å². The third kappa shape index (κ3) is 5.03. The maximum atomic E-state index is 12.3. The van der Waals surface area contributed by atoms with E-state index in [1.165, 1.54) is 21.8 Å². The highest BCUT2D eigenvalue weighted by atomic mass is 35.5. The zero-order valence-corrected chi connectivity index (χ0v) is 18.5. The van der Waals surface area contributed by atoms with E-state index in [0.717, 1.165) is 36.6 Å². The van der Waals surface area contributed by atoms with Gasteiger partial charge in [-0.2, -0.15) is 0 Å². The summed E-state index contributed by atoms with van der Waals surface area (Å²) in [6, 6.07) is 8.94. The van der Waals surface area contributed by atoms with Crippen LogP contribution in [0.25, 0.3) is 11.5 Å². The number of hydrogen-bond donors (Lipinski definition) is 2. The van der Waals surface area contributed by atoms with Crippen molar-refractivity contribution in [1.82, 2.24) is 21.0 Å². The first-order valence-electron chi connectivity index (χ1n) is 9.41. The Labute approximate surface area is 186 Å². The van der Waals surface area contributed by atoms with Gasteiger partial charge in [0.1, 0.15) is 0 Å². The molecule has 0 saturated carbocycles. The number of benzene rings is 1. The topological polar surface area (TPSA) is 97.1 Å². The zero-order valence-electron chi connectivity index (χ0n) is 16.1. The molecule has 1 atom stereocenters. The van der Waals surface area contributed by atoms with E-state index in [9.17, 15) is 9.59 Å². The summed E-state index contributed by atoms with van der Waals surface area (Å²) in [6.45, 7) is 2.22. The molecule has 1 aliphatic rings. The van der Waals surface area contributed by atoms with E-state index < -0.39 is 0 Å². The molecule has 0 saturated heterocycles. The summed E-state index contributed by atoms with van der Waals surface area (Å²) in [5, 5.41) is 8.76. The van der Waals surface area contributed by atoms with Crippen LogP contribution in [0.2, 0.25) is 5.02 Å². The fourth-order valence-electron chi connectivity index (χ4n) is 3.15. The minimum atomic E-state index is -0.366. The highest BCUT2D eigenvalue weighted by molar-refractivity contribution is 7.99. The van der Waals surface area contributed by atoms with Crippen molar-refractivity contribution < 1.29 is 14.0 Å². The average Bonchev–Trinajstić information content (AvgIpc) is 3.37. The predicted molar refractivity (Wildman–Crippen MR) is 117 cm³/mol. The molecule has 30 heavy (non-hydrogen) atoms. The first-order chi connectivity index (χ1) is 14.5. The second kappa shape index (κ2) is 9.20. The van der Waals surface area contributed by atoms with Crippen molar-refractivity contribution in [3.05, 3.63) is 50.7 Å². The molecule has 1 aliphatic carbocycles. The molecule has 0 radical (unpaired) electrons. The largest absolute Gasteiger partial charge is 0.411 e. The lowest BCUT2D eigenvalue weighted by atomic mass is 9.90. The normalized spacial score (nSPS) is 15.5. The van der Waals surface area contributed by atoms with E-state index in [-0.39, 0.29) is 22.8 Å². The molecular formula is C20H19ClN4O3S2. The van der Waals surface area contributed by atoms with Crippen LogP contribution in [0.5, 0.6) is 0 Å². The van der Waals surface area contributed by atoms with Gasteiger partial charge in [-0.15, -0.1) is 21.5 Å².